The molecule has 5 heteroatoms. The Labute approximate surface area is 122 Å². The normalized spacial score (nSPS) is 10.1. The Morgan fingerprint density at radius 3 is 2.50 bits per heavy atom. The number of hydrogen-bond donors (Lipinski definition) is 2. The molecule has 2 rings (SSSR count). The molecule has 2 aromatic carbocycles. The van der Waals surface area contributed by atoms with Crippen LogP contribution in [0.2, 0.25) is 5.02 Å². The van der Waals surface area contributed by atoms with E-state index in [2.05, 4.69) is 5.32 Å². The maximum absolute atomic E-state index is 11.0. The van der Waals surface area contributed by atoms with Gasteiger partial charge in [0.15, 0.2) is 0 Å². The first-order chi connectivity index (χ1) is 9.60. The Bertz CT molecular complexity index is 612. The molecule has 0 aliphatic heterocycles. The second kappa shape index (κ2) is 6.30. The zero-order chi connectivity index (χ0) is 14.5. The van der Waals surface area contributed by atoms with Gasteiger partial charge in [0.2, 0.25) is 5.91 Å². The number of amides is 1. The van der Waals surface area contributed by atoms with Crippen LogP contribution in [-0.2, 0) is 6.54 Å². The largest absolute Gasteiger partial charge is 0.495 e. The third kappa shape index (κ3) is 3.42. The minimum absolute atomic E-state index is 0.432. The Morgan fingerprint density at radius 1 is 1.25 bits per heavy atom. The summed E-state index contributed by atoms with van der Waals surface area (Å²) >= 11 is 6.06. The Morgan fingerprint density at radius 2 is 1.95 bits per heavy atom. The van der Waals surface area contributed by atoms with Gasteiger partial charge in [0.1, 0.15) is 5.75 Å². The summed E-state index contributed by atoms with van der Waals surface area (Å²) in [6, 6.07) is 12.6. The lowest BCUT2D eigenvalue weighted by molar-refractivity contribution is 0.100. The molecule has 0 saturated heterocycles. The summed E-state index contributed by atoms with van der Waals surface area (Å²) in [5, 5.41) is 3.82. The van der Waals surface area contributed by atoms with Crippen LogP contribution in [0.15, 0.2) is 42.5 Å². The molecule has 4 nitrogen and oxygen atoms in total. The Kier molecular flexibility index (Phi) is 4.48. The Hall–Kier alpha value is -2.20. The number of carbonyl (C=O) groups is 1. The van der Waals surface area contributed by atoms with Crippen LogP contribution in [0.4, 0.5) is 5.69 Å². The van der Waals surface area contributed by atoms with E-state index in [0.29, 0.717) is 22.9 Å². The van der Waals surface area contributed by atoms with E-state index in [-0.39, 0.29) is 0 Å². The van der Waals surface area contributed by atoms with Crippen molar-refractivity contribution in [3.63, 3.8) is 0 Å². The minimum atomic E-state index is -0.432. The second-order valence-electron chi connectivity index (χ2n) is 4.26. The predicted molar refractivity (Wildman–Crippen MR) is 80.3 cm³/mol. The third-order valence-corrected chi connectivity index (χ3v) is 3.18. The van der Waals surface area contributed by atoms with Crippen molar-refractivity contribution in [2.45, 2.75) is 6.54 Å². The van der Waals surface area contributed by atoms with Crippen LogP contribution in [0.5, 0.6) is 5.75 Å². The first-order valence-electron chi connectivity index (χ1n) is 6.06. The van der Waals surface area contributed by atoms with Crippen LogP contribution in [0, 0.1) is 0 Å². The highest BCUT2D eigenvalue weighted by molar-refractivity contribution is 6.32. The van der Waals surface area contributed by atoms with Crippen LogP contribution in [0.3, 0.4) is 0 Å². The first-order valence-corrected chi connectivity index (χ1v) is 6.44. The minimum Gasteiger partial charge on any atom is -0.495 e. The van der Waals surface area contributed by atoms with Crippen molar-refractivity contribution in [1.82, 2.24) is 0 Å². The molecule has 1 amide bonds. The van der Waals surface area contributed by atoms with Gasteiger partial charge in [-0.3, -0.25) is 4.79 Å². The lowest BCUT2D eigenvalue weighted by Crippen LogP contribution is -2.10. The van der Waals surface area contributed by atoms with Crippen molar-refractivity contribution in [3.05, 3.63) is 58.6 Å². The van der Waals surface area contributed by atoms with Gasteiger partial charge in [-0.1, -0.05) is 17.7 Å². The average Bonchev–Trinajstić information content (AvgIpc) is 2.45. The molecule has 0 spiro atoms. The molecule has 0 fully saturated rings. The molecule has 0 heterocycles. The average molecular weight is 291 g/mol. The van der Waals surface area contributed by atoms with Gasteiger partial charge < -0.3 is 15.8 Å². The molecular weight excluding hydrogens is 276 g/mol. The summed E-state index contributed by atoms with van der Waals surface area (Å²) < 4.78 is 5.10. The number of carbonyl (C=O) groups excluding carboxylic acids is 1. The molecule has 0 radical (unpaired) electrons. The highest BCUT2D eigenvalue weighted by Crippen LogP contribution is 2.25. The Balaban J connectivity index is 2.01. The molecule has 104 valence electrons. The molecular formula is C15H15ClN2O2. The van der Waals surface area contributed by atoms with Gasteiger partial charge >= 0.3 is 0 Å². The summed E-state index contributed by atoms with van der Waals surface area (Å²) in [6.45, 7) is 0.625. The van der Waals surface area contributed by atoms with Gasteiger partial charge in [-0.05, 0) is 42.0 Å². The quantitative estimate of drug-likeness (QED) is 0.889. The number of nitrogens with two attached hydrogens (primary N) is 1. The molecule has 2 aromatic rings. The SMILES string of the molecule is COc1ccc(CNc2ccc(C(N)=O)cc2)cc1Cl. The van der Waals surface area contributed by atoms with E-state index in [9.17, 15) is 4.79 Å². The van der Waals surface area contributed by atoms with Crippen molar-refractivity contribution in [2.24, 2.45) is 5.73 Å². The van der Waals surface area contributed by atoms with Crippen LogP contribution in [0.25, 0.3) is 0 Å². The summed E-state index contributed by atoms with van der Waals surface area (Å²) in [4.78, 5) is 11.0. The molecule has 0 unspecified atom stereocenters. The van der Waals surface area contributed by atoms with Gasteiger partial charge in [-0.15, -0.1) is 0 Å². The van der Waals surface area contributed by atoms with Gasteiger partial charge in [0, 0.05) is 17.8 Å². The standard InChI is InChI=1S/C15H15ClN2O2/c1-20-14-7-2-10(8-13(14)16)9-18-12-5-3-11(4-6-12)15(17)19/h2-8,18H,9H2,1H3,(H2,17,19). The maximum atomic E-state index is 11.0. The molecule has 0 atom stereocenters. The van der Waals surface area contributed by atoms with Crippen molar-refractivity contribution in [3.8, 4) is 5.75 Å². The van der Waals surface area contributed by atoms with Crippen LogP contribution < -0.4 is 15.8 Å². The van der Waals surface area contributed by atoms with E-state index in [4.69, 9.17) is 22.1 Å². The summed E-state index contributed by atoms with van der Waals surface area (Å²) in [5.41, 5.74) is 7.62. The van der Waals surface area contributed by atoms with Gasteiger partial charge in [-0.25, -0.2) is 0 Å². The number of hydrogen-bond acceptors (Lipinski definition) is 3. The number of methoxy groups -OCH3 is 1. The molecule has 20 heavy (non-hydrogen) atoms. The number of anilines is 1. The smallest absolute Gasteiger partial charge is 0.248 e. The van der Waals surface area contributed by atoms with Crippen molar-refractivity contribution < 1.29 is 9.53 Å². The maximum Gasteiger partial charge on any atom is 0.248 e. The van der Waals surface area contributed by atoms with Crippen LogP contribution in [0.1, 0.15) is 15.9 Å². The fraction of sp³-hybridized carbons (Fsp3) is 0.133. The van der Waals surface area contributed by atoms with E-state index >= 15 is 0 Å². The topological polar surface area (TPSA) is 64.3 Å². The number of primary amides is 1. The van der Waals surface area contributed by atoms with E-state index in [1.165, 1.54) is 0 Å². The highest BCUT2D eigenvalue weighted by Gasteiger charge is 2.03. The van der Waals surface area contributed by atoms with E-state index in [1.54, 1.807) is 19.2 Å². The summed E-state index contributed by atoms with van der Waals surface area (Å²) in [6.07, 6.45) is 0. The van der Waals surface area contributed by atoms with Crippen molar-refractivity contribution >= 4 is 23.2 Å². The highest BCUT2D eigenvalue weighted by atomic mass is 35.5. The first kappa shape index (κ1) is 14.2. The molecule has 0 aromatic heterocycles. The van der Waals surface area contributed by atoms with Crippen LogP contribution in [-0.4, -0.2) is 13.0 Å². The third-order valence-electron chi connectivity index (χ3n) is 2.88. The summed E-state index contributed by atoms with van der Waals surface area (Å²) in [7, 11) is 1.58. The number of halogens is 1. The molecule has 0 saturated carbocycles. The van der Waals surface area contributed by atoms with E-state index < -0.39 is 5.91 Å². The van der Waals surface area contributed by atoms with E-state index in [1.807, 2.05) is 30.3 Å². The fourth-order valence-corrected chi connectivity index (χ4v) is 2.06. The number of benzene rings is 2. The van der Waals surface area contributed by atoms with Gasteiger partial charge in [0.25, 0.3) is 0 Å². The van der Waals surface area contributed by atoms with Crippen molar-refractivity contribution in [1.29, 1.82) is 0 Å². The zero-order valence-corrected chi connectivity index (χ0v) is 11.8. The van der Waals surface area contributed by atoms with Crippen molar-refractivity contribution in [2.75, 3.05) is 12.4 Å². The van der Waals surface area contributed by atoms with Gasteiger partial charge in [-0.2, -0.15) is 0 Å². The summed E-state index contributed by atoms with van der Waals surface area (Å²) in [5.74, 6) is 0.222. The molecule has 3 N–H and O–H groups in total. The number of nitrogens with one attached hydrogen (secondary N) is 1. The monoisotopic (exact) mass is 290 g/mol. The molecule has 0 aliphatic carbocycles. The lowest BCUT2D eigenvalue weighted by Gasteiger charge is -2.09. The van der Waals surface area contributed by atoms with E-state index in [0.717, 1.165) is 11.3 Å². The zero-order valence-electron chi connectivity index (χ0n) is 11.0. The number of rotatable bonds is 5. The van der Waals surface area contributed by atoms with Crippen LogP contribution >= 0.6 is 11.6 Å². The second-order valence-corrected chi connectivity index (χ2v) is 4.67. The molecule has 0 bridgehead atoms. The number of ether oxygens (including phenoxy) is 1. The lowest BCUT2D eigenvalue weighted by atomic mass is 10.2. The van der Waals surface area contributed by atoms with Gasteiger partial charge in [0.05, 0.1) is 12.1 Å². The fourth-order valence-electron chi connectivity index (χ4n) is 1.78. The predicted octanol–water partition coefficient (Wildman–Crippen LogP) is 3.06. The molecule has 0 aliphatic rings.